The molecule has 3 heteroatoms. The van der Waals surface area contributed by atoms with Crippen molar-refractivity contribution in [2.45, 2.75) is 0 Å². The first-order chi connectivity index (χ1) is 8.29. The monoisotopic (exact) mass is 240 g/mol. The average molecular weight is 241 g/mol. The minimum absolute atomic E-state index is 0.521. The molecule has 0 spiro atoms. The zero-order valence-corrected chi connectivity index (χ0v) is 9.72. The van der Waals surface area contributed by atoms with Gasteiger partial charge in [-0.1, -0.05) is 29.8 Å². The largest absolute Gasteiger partial charge is 0.256 e. The molecule has 0 aliphatic carbocycles. The van der Waals surface area contributed by atoms with Crippen LogP contribution in [0.4, 0.5) is 0 Å². The molecule has 2 aromatic rings. The first-order valence-corrected chi connectivity index (χ1v) is 5.46. The second-order valence-corrected chi connectivity index (χ2v) is 3.88. The van der Waals surface area contributed by atoms with Gasteiger partial charge in [-0.15, -0.1) is 0 Å². The number of pyridine rings is 1. The fourth-order valence-corrected chi connectivity index (χ4v) is 1.65. The van der Waals surface area contributed by atoms with E-state index in [4.69, 9.17) is 16.9 Å². The van der Waals surface area contributed by atoms with E-state index in [1.807, 2.05) is 30.3 Å². The molecule has 0 radical (unpaired) electrons. The minimum atomic E-state index is 0.521. The highest BCUT2D eigenvalue weighted by Crippen LogP contribution is 2.17. The molecule has 1 aromatic carbocycles. The Bertz CT molecular complexity index is 583. The fourth-order valence-electron chi connectivity index (χ4n) is 1.45. The Morgan fingerprint density at radius 1 is 1.24 bits per heavy atom. The average Bonchev–Trinajstić information content (AvgIpc) is 2.37. The van der Waals surface area contributed by atoms with Crippen molar-refractivity contribution in [1.29, 1.82) is 5.26 Å². The van der Waals surface area contributed by atoms with Gasteiger partial charge in [-0.25, -0.2) is 0 Å². The Kier molecular flexibility index (Phi) is 3.54. The summed E-state index contributed by atoms with van der Waals surface area (Å²) < 4.78 is 0. The van der Waals surface area contributed by atoms with Gasteiger partial charge in [0.15, 0.2) is 0 Å². The molecule has 0 saturated carbocycles. The molecule has 0 amide bonds. The Balaban J connectivity index is 2.41. The van der Waals surface area contributed by atoms with E-state index in [2.05, 4.69) is 11.1 Å². The molecule has 0 unspecified atom stereocenters. The SMILES string of the molecule is N#C/C(=C\c1cccc(Cl)c1)c1ccccn1. The summed E-state index contributed by atoms with van der Waals surface area (Å²) in [6, 6.07) is 15.0. The predicted octanol–water partition coefficient (Wildman–Crippen LogP) is 3.80. The summed E-state index contributed by atoms with van der Waals surface area (Å²) in [4.78, 5) is 4.14. The fraction of sp³-hybridized carbons (Fsp3) is 0. The molecule has 0 atom stereocenters. The van der Waals surface area contributed by atoms with Gasteiger partial charge in [0.05, 0.1) is 11.3 Å². The highest BCUT2D eigenvalue weighted by molar-refractivity contribution is 6.30. The third-order valence-electron chi connectivity index (χ3n) is 2.22. The number of nitrogens with zero attached hydrogens (tertiary/aromatic N) is 2. The van der Waals surface area contributed by atoms with Crippen LogP contribution in [0.15, 0.2) is 48.7 Å². The molecule has 1 heterocycles. The van der Waals surface area contributed by atoms with Crippen molar-refractivity contribution in [3.63, 3.8) is 0 Å². The smallest absolute Gasteiger partial charge is 0.101 e. The van der Waals surface area contributed by atoms with Crippen LogP contribution in [-0.4, -0.2) is 4.98 Å². The van der Waals surface area contributed by atoms with Gasteiger partial charge in [0.2, 0.25) is 0 Å². The number of allylic oxidation sites excluding steroid dienone is 1. The van der Waals surface area contributed by atoms with E-state index < -0.39 is 0 Å². The quantitative estimate of drug-likeness (QED) is 0.749. The van der Waals surface area contributed by atoms with Crippen LogP contribution in [-0.2, 0) is 0 Å². The molecule has 0 N–H and O–H groups in total. The molecule has 82 valence electrons. The maximum absolute atomic E-state index is 9.12. The maximum atomic E-state index is 9.12. The van der Waals surface area contributed by atoms with Crippen LogP contribution in [0, 0.1) is 11.3 Å². The summed E-state index contributed by atoms with van der Waals surface area (Å²) in [7, 11) is 0. The van der Waals surface area contributed by atoms with Gasteiger partial charge >= 0.3 is 0 Å². The lowest BCUT2D eigenvalue weighted by Crippen LogP contribution is -1.85. The summed E-state index contributed by atoms with van der Waals surface area (Å²) in [6.45, 7) is 0. The normalized spacial score (nSPS) is 10.9. The first-order valence-electron chi connectivity index (χ1n) is 5.08. The van der Waals surface area contributed by atoms with Crippen molar-refractivity contribution in [3.8, 4) is 6.07 Å². The Hall–Kier alpha value is -2.11. The van der Waals surface area contributed by atoms with Crippen molar-refractivity contribution in [2.75, 3.05) is 0 Å². The van der Waals surface area contributed by atoms with Crippen molar-refractivity contribution in [3.05, 3.63) is 64.9 Å². The lowest BCUT2D eigenvalue weighted by molar-refractivity contribution is 1.28. The van der Waals surface area contributed by atoms with Gasteiger partial charge < -0.3 is 0 Å². The molecule has 0 bridgehead atoms. The van der Waals surface area contributed by atoms with E-state index in [-0.39, 0.29) is 0 Å². The number of hydrogen-bond acceptors (Lipinski definition) is 2. The number of rotatable bonds is 2. The van der Waals surface area contributed by atoms with E-state index in [0.29, 0.717) is 16.3 Å². The molecule has 2 rings (SSSR count). The van der Waals surface area contributed by atoms with Crippen LogP contribution < -0.4 is 0 Å². The minimum Gasteiger partial charge on any atom is -0.256 e. The Labute approximate surface area is 105 Å². The summed E-state index contributed by atoms with van der Waals surface area (Å²) in [5.41, 5.74) is 2.07. The van der Waals surface area contributed by atoms with E-state index in [1.165, 1.54) is 0 Å². The summed E-state index contributed by atoms with van der Waals surface area (Å²) >= 11 is 5.89. The second kappa shape index (κ2) is 5.29. The maximum Gasteiger partial charge on any atom is 0.101 e. The zero-order chi connectivity index (χ0) is 12.1. The summed E-state index contributed by atoms with van der Waals surface area (Å²) in [5.74, 6) is 0. The van der Waals surface area contributed by atoms with Crippen LogP contribution in [0.5, 0.6) is 0 Å². The van der Waals surface area contributed by atoms with Gasteiger partial charge in [-0.05, 0) is 35.9 Å². The number of aromatic nitrogens is 1. The van der Waals surface area contributed by atoms with Crippen LogP contribution in [0.1, 0.15) is 11.3 Å². The second-order valence-electron chi connectivity index (χ2n) is 3.44. The van der Waals surface area contributed by atoms with Crippen LogP contribution in [0.25, 0.3) is 11.6 Å². The molecule has 1 aromatic heterocycles. The van der Waals surface area contributed by atoms with Crippen LogP contribution in [0.2, 0.25) is 5.02 Å². The van der Waals surface area contributed by atoms with E-state index >= 15 is 0 Å². The molecule has 0 fully saturated rings. The molecule has 0 aliphatic heterocycles. The lowest BCUT2D eigenvalue weighted by atomic mass is 10.1. The lowest BCUT2D eigenvalue weighted by Gasteiger charge is -1.98. The summed E-state index contributed by atoms with van der Waals surface area (Å²) in [5, 5.41) is 9.77. The number of hydrogen-bond donors (Lipinski definition) is 0. The standard InChI is InChI=1S/C14H9ClN2/c15-13-5-3-4-11(9-13)8-12(10-16)14-6-1-2-7-17-14/h1-9H/b12-8+. The highest BCUT2D eigenvalue weighted by Gasteiger charge is 2.01. The van der Waals surface area contributed by atoms with Crippen molar-refractivity contribution < 1.29 is 0 Å². The van der Waals surface area contributed by atoms with Crippen LogP contribution in [0.3, 0.4) is 0 Å². The molecular formula is C14H9ClN2. The van der Waals surface area contributed by atoms with Crippen LogP contribution >= 0.6 is 11.6 Å². The zero-order valence-electron chi connectivity index (χ0n) is 8.97. The number of benzene rings is 1. The number of halogens is 1. The van der Waals surface area contributed by atoms with Crippen molar-refractivity contribution in [1.82, 2.24) is 4.98 Å². The predicted molar refractivity (Wildman–Crippen MR) is 69.2 cm³/mol. The van der Waals surface area contributed by atoms with Crippen molar-refractivity contribution >= 4 is 23.3 Å². The third-order valence-corrected chi connectivity index (χ3v) is 2.46. The van der Waals surface area contributed by atoms with Gasteiger partial charge in [-0.3, -0.25) is 4.98 Å². The van der Waals surface area contributed by atoms with E-state index in [0.717, 1.165) is 5.56 Å². The van der Waals surface area contributed by atoms with Gasteiger partial charge in [0, 0.05) is 11.2 Å². The Morgan fingerprint density at radius 2 is 2.12 bits per heavy atom. The molecule has 0 saturated heterocycles. The summed E-state index contributed by atoms with van der Waals surface area (Å²) in [6.07, 6.45) is 3.44. The topological polar surface area (TPSA) is 36.7 Å². The molecule has 2 nitrogen and oxygen atoms in total. The van der Waals surface area contributed by atoms with Gasteiger partial charge in [0.25, 0.3) is 0 Å². The molecule has 0 aliphatic rings. The van der Waals surface area contributed by atoms with E-state index in [9.17, 15) is 0 Å². The third kappa shape index (κ3) is 2.93. The first kappa shape index (κ1) is 11.4. The van der Waals surface area contributed by atoms with Gasteiger partial charge in [-0.2, -0.15) is 5.26 Å². The highest BCUT2D eigenvalue weighted by atomic mass is 35.5. The molecule has 17 heavy (non-hydrogen) atoms. The van der Waals surface area contributed by atoms with Gasteiger partial charge in [0.1, 0.15) is 6.07 Å². The number of nitriles is 1. The Morgan fingerprint density at radius 3 is 2.76 bits per heavy atom. The van der Waals surface area contributed by atoms with Crippen molar-refractivity contribution in [2.24, 2.45) is 0 Å². The molecular weight excluding hydrogens is 232 g/mol. The van der Waals surface area contributed by atoms with E-state index in [1.54, 1.807) is 24.4 Å².